The maximum atomic E-state index is 13.0. The van der Waals surface area contributed by atoms with Crippen molar-refractivity contribution in [1.29, 1.82) is 0 Å². The molecule has 1 N–H and O–H groups in total. The molecule has 0 saturated carbocycles. The second-order valence-electron chi connectivity index (χ2n) is 4.93. The fraction of sp³-hybridized carbons (Fsp3) is 0.429. The Kier molecular flexibility index (Phi) is 4.34. The van der Waals surface area contributed by atoms with Crippen LogP contribution in [0.1, 0.15) is 13.8 Å². The Morgan fingerprint density at radius 3 is 2.55 bits per heavy atom. The molecule has 1 heterocycles. The lowest BCUT2D eigenvalue weighted by Gasteiger charge is -2.34. The third kappa shape index (κ3) is 3.54. The lowest BCUT2D eigenvalue weighted by atomic mass is 10.2. The molecule has 5 nitrogen and oxygen atoms in total. The molecule has 2 rings (SSSR count). The van der Waals surface area contributed by atoms with E-state index < -0.39 is 17.6 Å². The van der Waals surface area contributed by atoms with Crippen molar-refractivity contribution in [2.45, 2.75) is 26.1 Å². The molecule has 0 spiro atoms. The largest absolute Gasteiger partial charge is 0.372 e. The van der Waals surface area contributed by atoms with E-state index in [1.54, 1.807) is 0 Å². The molecule has 2 unspecified atom stereocenters. The second kappa shape index (κ2) is 6.00. The molecule has 0 bridgehead atoms. The van der Waals surface area contributed by atoms with Crippen LogP contribution in [0.2, 0.25) is 0 Å². The smallest absolute Gasteiger partial charge is 0.313 e. The Bertz CT molecular complexity index is 511. The van der Waals surface area contributed by atoms with Gasteiger partial charge in [0.05, 0.1) is 12.2 Å². The molecule has 1 aliphatic rings. The fourth-order valence-corrected chi connectivity index (χ4v) is 2.24. The first kappa shape index (κ1) is 14.5. The van der Waals surface area contributed by atoms with Gasteiger partial charge in [-0.05, 0) is 32.0 Å². The van der Waals surface area contributed by atoms with Crippen LogP contribution in [0.3, 0.4) is 0 Å². The first-order chi connectivity index (χ1) is 9.45. The normalized spacial score (nSPS) is 22.4. The van der Waals surface area contributed by atoms with Crippen LogP contribution in [0, 0.1) is 5.82 Å². The summed E-state index contributed by atoms with van der Waals surface area (Å²) in [7, 11) is 0. The SMILES string of the molecule is CC1CN(C(=O)C(=O)Nc2cccc(F)c2)CC(C)O1. The van der Waals surface area contributed by atoms with E-state index in [2.05, 4.69) is 5.32 Å². The number of carbonyl (C=O) groups is 2. The van der Waals surface area contributed by atoms with Crippen LogP contribution in [0.5, 0.6) is 0 Å². The first-order valence-electron chi connectivity index (χ1n) is 6.47. The van der Waals surface area contributed by atoms with Crippen LogP contribution in [-0.2, 0) is 14.3 Å². The molecule has 1 saturated heterocycles. The molecule has 1 fully saturated rings. The number of hydrogen-bond acceptors (Lipinski definition) is 3. The van der Waals surface area contributed by atoms with Gasteiger partial charge < -0.3 is 15.0 Å². The van der Waals surface area contributed by atoms with E-state index in [-0.39, 0.29) is 17.9 Å². The van der Waals surface area contributed by atoms with Crippen LogP contribution in [-0.4, -0.2) is 42.0 Å². The molecule has 2 amide bonds. The maximum absolute atomic E-state index is 13.0. The van der Waals surface area contributed by atoms with E-state index in [1.807, 2.05) is 13.8 Å². The maximum Gasteiger partial charge on any atom is 0.313 e. The van der Waals surface area contributed by atoms with Gasteiger partial charge in [0.15, 0.2) is 0 Å². The Hall–Kier alpha value is -1.95. The number of morpholine rings is 1. The predicted octanol–water partition coefficient (Wildman–Crippen LogP) is 1.40. The zero-order chi connectivity index (χ0) is 14.7. The molecule has 20 heavy (non-hydrogen) atoms. The van der Waals surface area contributed by atoms with Gasteiger partial charge in [0, 0.05) is 18.8 Å². The van der Waals surface area contributed by atoms with Crippen LogP contribution in [0.4, 0.5) is 10.1 Å². The van der Waals surface area contributed by atoms with Crippen molar-refractivity contribution in [3.63, 3.8) is 0 Å². The van der Waals surface area contributed by atoms with Crippen LogP contribution in [0.15, 0.2) is 24.3 Å². The monoisotopic (exact) mass is 280 g/mol. The predicted molar refractivity (Wildman–Crippen MR) is 71.6 cm³/mol. The molecule has 108 valence electrons. The van der Waals surface area contributed by atoms with Crippen LogP contribution in [0.25, 0.3) is 0 Å². The van der Waals surface area contributed by atoms with Gasteiger partial charge in [0.2, 0.25) is 0 Å². The van der Waals surface area contributed by atoms with Crippen molar-refractivity contribution in [2.75, 3.05) is 18.4 Å². The quantitative estimate of drug-likeness (QED) is 0.791. The lowest BCUT2D eigenvalue weighted by Crippen LogP contribution is -2.51. The summed E-state index contributed by atoms with van der Waals surface area (Å²) in [6.07, 6.45) is -0.214. The summed E-state index contributed by atoms with van der Waals surface area (Å²) in [5, 5.41) is 2.40. The van der Waals surface area contributed by atoms with Gasteiger partial charge in [-0.2, -0.15) is 0 Å². The molecule has 1 aliphatic heterocycles. The molecular weight excluding hydrogens is 263 g/mol. The number of ether oxygens (including phenoxy) is 1. The summed E-state index contributed by atoms with van der Waals surface area (Å²) in [5.74, 6) is -1.86. The minimum Gasteiger partial charge on any atom is -0.372 e. The molecule has 0 aromatic heterocycles. The molecule has 2 atom stereocenters. The highest BCUT2D eigenvalue weighted by atomic mass is 19.1. The highest BCUT2D eigenvalue weighted by Gasteiger charge is 2.29. The minimum absolute atomic E-state index is 0.107. The number of amides is 2. The molecule has 0 radical (unpaired) electrons. The third-order valence-electron chi connectivity index (χ3n) is 2.98. The van der Waals surface area contributed by atoms with Gasteiger partial charge >= 0.3 is 11.8 Å². The Morgan fingerprint density at radius 2 is 1.95 bits per heavy atom. The Morgan fingerprint density at radius 1 is 1.30 bits per heavy atom. The summed E-state index contributed by atoms with van der Waals surface area (Å²) in [6, 6.07) is 5.42. The van der Waals surface area contributed by atoms with E-state index in [9.17, 15) is 14.0 Å². The van der Waals surface area contributed by atoms with E-state index in [0.717, 1.165) is 6.07 Å². The highest BCUT2D eigenvalue weighted by Crippen LogP contribution is 2.13. The second-order valence-corrected chi connectivity index (χ2v) is 4.93. The van der Waals surface area contributed by atoms with Crippen molar-refractivity contribution in [3.8, 4) is 0 Å². The average Bonchev–Trinajstić information content (AvgIpc) is 2.36. The topological polar surface area (TPSA) is 58.6 Å². The number of rotatable bonds is 1. The van der Waals surface area contributed by atoms with E-state index in [1.165, 1.54) is 23.1 Å². The molecule has 1 aromatic carbocycles. The zero-order valence-corrected chi connectivity index (χ0v) is 11.4. The number of carbonyl (C=O) groups excluding carboxylic acids is 2. The highest BCUT2D eigenvalue weighted by molar-refractivity contribution is 6.39. The lowest BCUT2D eigenvalue weighted by molar-refractivity contribution is -0.151. The van der Waals surface area contributed by atoms with Crippen LogP contribution >= 0.6 is 0 Å². The first-order valence-corrected chi connectivity index (χ1v) is 6.47. The van der Waals surface area contributed by atoms with Crippen molar-refractivity contribution >= 4 is 17.5 Å². The summed E-state index contributed by atoms with van der Waals surface area (Å²) in [4.78, 5) is 25.4. The Labute approximate surface area is 116 Å². The van der Waals surface area contributed by atoms with Crippen LogP contribution < -0.4 is 5.32 Å². The van der Waals surface area contributed by atoms with Gasteiger partial charge in [-0.1, -0.05) is 6.07 Å². The van der Waals surface area contributed by atoms with Gasteiger partial charge in [0.1, 0.15) is 5.82 Å². The number of hydrogen-bond donors (Lipinski definition) is 1. The van der Waals surface area contributed by atoms with E-state index in [4.69, 9.17) is 4.74 Å². The van der Waals surface area contributed by atoms with Gasteiger partial charge in [-0.25, -0.2) is 4.39 Å². The summed E-state index contributed by atoms with van der Waals surface area (Å²) in [5.41, 5.74) is 0.262. The number of nitrogens with one attached hydrogen (secondary N) is 1. The van der Waals surface area contributed by atoms with Gasteiger partial charge in [-0.3, -0.25) is 9.59 Å². The van der Waals surface area contributed by atoms with E-state index in [0.29, 0.717) is 13.1 Å². The molecule has 0 aliphatic carbocycles. The number of nitrogens with zero attached hydrogens (tertiary/aromatic N) is 1. The van der Waals surface area contributed by atoms with Crippen molar-refractivity contribution < 1.29 is 18.7 Å². The zero-order valence-electron chi connectivity index (χ0n) is 11.4. The van der Waals surface area contributed by atoms with E-state index >= 15 is 0 Å². The number of halogens is 1. The summed E-state index contributed by atoms with van der Waals surface area (Å²) in [6.45, 7) is 4.44. The molecular formula is C14H17FN2O3. The van der Waals surface area contributed by atoms with Gasteiger partial charge in [-0.15, -0.1) is 0 Å². The van der Waals surface area contributed by atoms with Crippen molar-refractivity contribution in [3.05, 3.63) is 30.1 Å². The average molecular weight is 280 g/mol. The standard InChI is InChI=1S/C14H17FN2O3/c1-9-7-17(8-10(2)20-9)14(19)13(18)16-12-5-3-4-11(15)6-12/h3-6,9-10H,7-8H2,1-2H3,(H,16,18). The van der Waals surface area contributed by atoms with Crippen molar-refractivity contribution in [2.24, 2.45) is 0 Å². The fourth-order valence-electron chi connectivity index (χ4n) is 2.24. The Balaban J connectivity index is 2.00. The van der Waals surface area contributed by atoms with Crippen molar-refractivity contribution in [1.82, 2.24) is 4.90 Å². The summed E-state index contributed by atoms with van der Waals surface area (Å²) >= 11 is 0. The number of anilines is 1. The third-order valence-corrected chi connectivity index (χ3v) is 2.98. The minimum atomic E-state index is -0.767. The van der Waals surface area contributed by atoms with Gasteiger partial charge in [0.25, 0.3) is 0 Å². The summed E-state index contributed by atoms with van der Waals surface area (Å²) < 4.78 is 18.5. The number of benzene rings is 1. The molecule has 6 heteroatoms. The molecule has 1 aromatic rings.